The second-order valence-electron chi connectivity index (χ2n) is 5.15. The summed E-state index contributed by atoms with van der Waals surface area (Å²) in [5.74, 6) is -1.34. The minimum absolute atomic E-state index is 0.301. The van der Waals surface area contributed by atoms with Crippen LogP contribution in [0.25, 0.3) is 0 Å². The number of esters is 1. The normalized spacial score (nSPS) is 26.3. The van der Waals surface area contributed by atoms with Crippen molar-refractivity contribution in [1.29, 1.82) is 0 Å². The van der Waals surface area contributed by atoms with Crippen LogP contribution < -0.4 is 5.32 Å². The zero-order valence-corrected chi connectivity index (χ0v) is 12.9. The van der Waals surface area contributed by atoms with Gasteiger partial charge in [0.05, 0.1) is 12.0 Å². The maximum Gasteiger partial charge on any atom is 0.324 e. The number of carbonyl (C=O) groups excluding carboxylic acids is 1. The summed E-state index contributed by atoms with van der Waals surface area (Å²) < 4.78 is 5.16. The second kappa shape index (κ2) is 6.49. The lowest BCUT2D eigenvalue weighted by Gasteiger charge is -2.25. The fraction of sp³-hybridized carbons (Fsp3) is 0.467. The molecule has 0 aromatic heterocycles. The predicted molar refractivity (Wildman–Crippen MR) is 81.2 cm³/mol. The molecule has 0 amide bonds. The summed E-state index contributed by atoms with van der Waals surface area (Å²) in [5, 5.41) is 12.0. The molecule has 2 N–H and O–H groups in total. The first-order valence-corrected chi connectivity index (χ1v) is 7.87. The number of carboxylic acids is 1. The largest absolute Gasteiger partial charge is 0.480 e. The van der Waals surface area contributed by atoms with Crippen LogP contribution in [0.3, 0.4) is 0 Å². The molecule has 1 aromatic carbocycles. The summed E-state index contributed by atoms with van der Waals surface area (Å²) in [5.41, 5.74) is -0.190. The monoisotopic (exact) mass is 309 g/mol. The molecular formula is C15H19NO4S. The molecule has 1 aliphatic rings. The van der Waals surface area contributed by atoms with E-state index in [4.69, 9.17) is 4.74 Å². The number of aliphatic carboxylic acids is 1. The molecule has 2 rings (SSSR count). The number of hydrogen-bond acceptors (Lipinski definition) is 5. The van der Waals surface area contributed by atoms with Gasteiger partial charge in [0.1, 0.15) is 11.5 Å². The van der Waals surface area contributed by atoms with Crippen molar-refractivity contribution in [1.82, 2.24) is 5.32 Å². The van der Waals surface area contributed by atoms with Gasteiger partial charge in [-0.25, -0.2) is 0 Å². The van der Waals surface area contributed by atoms with Crippen LogP contribution in [0.1, 0.15) is 25.3 Å². The molecule has 0 aliphatic carbocycles. The van der Waals surface area contributed by atoms with Gasteiger partial charge in [-0.1, -0.05) is 30.3 Å². The van der Waals surface area contributed by atoms with Crippen LogP contribution in [0.2, 0.25) is 0 Å². The van der Waals surface area contributed by atoms with Crippen molar-refractivity contribution in [3.63, 3.8) is 0 Å². The topological polar surface area (TPSA) is 75.6 Å². The van der Waals surface area contributed by atoms with Gasteiger partial charge in [-0.15, -0.1) is 11.8 Å². The Kier molecular flexibility index (Phi) is 4.90. The summed E-state index contributed by atoms with van der Waals surface area (Å²) in [7, 11) is 0. The van der Waals surface area contributed by atoms with Crippen molar-refractivity contribution in [2.45, 2.75) is 30.7 Å². The average molecular weight is 309 g/mol. The van der Waals surface area contributed by atoms with Crippen LogP contribution in [-0.4, -0.2) is 40.3 Å². The van der Waals surface area contributed by atoms with Crippen molar-refractivity contribution >= 4 is 23.7 Å². The Labute approximate surface area is 128 Å². The Morgan fingerprint density at radius 2 is 2.14 bits per heavy atom. The second-order valence-corrected chi connectivity index (χ2v) is 6.28. The van der Waals surface area contributed by atoms with Crippen LogP contribution in [0.15, 0.2) is 30.3 Å². The van der Waals surface area contributed by atoms with Crippen LogP contribution in [0.4, 0.5) is 0 Å². The maximum absolute atomic E-state index is 12.3. The van der Waals surface area contributed by atoms with Crippen molar-refractivity contribution < 1.29 is 19.4 Å². The highest BCUT2D eigenvalue weighted by molar-refractivity contribution is 8.00. The fourth-order valence-electron chi connectivity index (χ4n) is 2.28. The zero-order valence-electron chi connectivity index (χ0n) is 12.0. The molecule has 0 unspecified atom stereocenters. The van der Waals surface area contributed by atoms with Gasteiger partial charge in [-0.2, -0.15) is 0 Å². The highest BCUT2D eigenvalue weighted by Crippen LogP contribution is 2.36. The molecule has 1 heterocycles. The van der Waals surface area contributed by atoms with Crippen molar-refractivity contribution in [2.75, 3.05) is 12.4 Å². The first-order valence-electron chi connectivity index (χ1n) is 6.82. The van der Waals surface area contributed by atoms with Crippen LogP contribution in [0, 0.1) is 0 Å². The lowest BCUT2D eigenvalue weighted by atomic mass is 9.97. The number of benzene rings is 1. The number of hydrogen-bond donors (Lipinski definition) is 2. The van der Waals surface area contributed by atoms with Crippen LogP contribution in [-0.2, 0) is 14.3 Å². The zero-order chi connectivity index (χ0) is 15.5. The molecule has 0 radical (unpaired) electrons. The van der Waals surface area contributed by atoms with Gasteiger partial charge in [-0.3, -0.25) is 14.9 Å². The molecule has 1 saturated heterocycles. The molecule has 6 heteroatoms. The fourth-order valence-corrected chi connectivity index (χ4v) is 3.81. The third kappa shape index (κ3) is 3.39. The Hall–Kier alpha value is -1.53. The molecule has 0 saturated carbocycles. The minimum atomic E-state index is -1.02. The van der Waals surface area contributed by atoms with Gasteiger partial charge in [0.2, 0.25) is 0 Å². The van der Waals surface area contributed by atoms with E-state index in [9.17, 15) is 14.7 Å². The van der Waals surface area contributed by atoms with Gasteiger partial charge in [-0.05, 0) is 19.4 Å². The summed E-state index contributed by atoms with van der Waals surface area (Å²) >= 11 is 1.44. The smallest absolute Gasteiger partial charge is 0.324 e. The number of ether oxygens (including phenoxy) is 1. The quantitative estimate of drug-likeness (QED) is 0.808. The van der Waals surface area contributed by atoms with Gasteiger partial charge >= 0.3 is 11.9 Å². The highest BCUT2D eigenvalue weighted by atomic mass is 32.2. The van der Waals surface area contributed by atoms with E-state index in [1.807, 2.05) is 30.3 Å². The SMILES string of the molecule is CCOC(=O)[C@H](c1ccccc1)[C@@H]1N[C@](C)(C(=O)O)CS1. The molecule has 21 heavy (non-hydrogen) atoms. The van der Waals surface area contributed by atoms with E-state index in [1.165, 1.54) is 11.8 Å². The summed E-state index contributed by atoms with van der Waals surface area (Å²) in [6.45, 7) is 3.70. The van der Waals surface area contributed by atoms with E-state index in [1.54, 1.807) is 13.8 Å². The number of thioether (sulfide) groups is 1. The Bertz CT molecular complexity index is 522. The minimum Gasteiger partial charge on any atom is -0.480 e. The Morgan fingerprint density at radius 3 is 2.67 bits per heavy atom. The molecule has 3 atom stereocenters. The molecule has 114 valence electrons. The van der Waals surface area contributed by atoms with E-state index in [2.05, 4.69) is 5.32 Å². The average Bonchev–Trinajstić information content (AvgIpc) is 2.84. The van der Waals surface area contributed by atoms with E-state index in [-0.39, 0.29) is 11.3 Å². The molecule has 0 spiro atoms. The number of rotatable bonds is 5. The van der Waals surface area contributed by atoms with Crippen molar-refractivity contribution in [3.05, 3.63) is 35.9 Å². The Balaban J connectivity index is 2.25. The van der Waals surface area contributed by atoms with Gasteiger partial charge < -0.3 is 9.84 Å². The molecule has 5 nitrogen and oxygen atoms in total. The summed E-state index contributed by atoms with van der Waals surface area (Å²) in [4.78, 5) is 23.6. The van der Waals surface area contributed by atoms with Gasteiger partial charge in [0, 0.05) is 5.75 Å². The van der Waals surface area contributed by atoms with E-state index in [0.717, 1.165) is 5.56 Å². The van der Waals surface area contributed by atoms with E-state index >= 15 is 0 Å². The number of nitrogens with one attached hydrogen (secondary N) is 1. The molecule has 1 fully saturated rings. The Morgan fingerprint density at radius 1 is 1.48 bits per heavy atom. The summed E-state index contributed by atoms with van der Waals surface area (Å²) in [6.07, 6.45) is 0. The lowest BCUT2D eigenvalue weighted by Crippen LogP contribution is -2.51. The van der Waals surface area contributed by atoms with Gasteiger partial charge in [0.25, 0.3) is 0 Å². The number of carbonyl (C=O) groups is 2. The first kappa shape index (κ1) is 15.9. The van der Waals surface area contributed by atoms with E-state index in [0.29, 0.717) is 12.4 Å². The lowest BCUT2D eigenvalue weighted by molar-refractivity contribution is -0.147. The van der Waals surface area contributed by atoms with Crippen molar-refractivity contribution in [3.8, 4) is 0 Å². The van der Waals surface area contributed by atoms with E-state index < -0.39 is 17.4 Å². The molecule has 1 aliphatic heterocycles. The predicted octanol–water partition coefficient (Wildman–Crippen LogP) is 1.84. The molecule has 0 bridgehead atoms. The maximum atomic E-state index is 12.3. The number of carboxylic acid groups (broad SMARTS) is 1. The van der Waals surface area contributed by atoms with Crippen LogP contribution >= 0.6 is 11.8 Å². The van der Waals surface area contributed by atoms with Crippen LogP contribution in [0.5, 0.6) is 0 Å². The van der Waals surface area contributed by atoms with Crippen molar-refractivity contribution in [2.24, 2.45) is 0 Å². The highest BCUT2D eigenvalue weighted by Gasteiger charge is 2.46. The summed E-state index contributed by atoms with van der Waals surface area (Å²) in [6, 6.07) is 9.32. The van der Waals surface area contributed by atoms with Gasteiger partial charge in [0.15, 0.2) is 0 Å². The standard InChI is InChI=1S/C15H19NO4S/c1-3-20-13(17)11(10-7-5-4-6-8-10)12-16-15(2,9-21-12)14(18)19/h4-8,11-12,16H,3,9H2,1-2H3,(H,18,19)/t11-,12-,15+/m1/s1. The third-order valence-corrected chi connectivity index (χ3v) is 4.98. The third-order valence-electron chi connectivity index (χ3n) is 3.49. The molecule has 1 aromatic rings. The molecular weight excluding hydrogens is 290 g/mol. The first-order chi connectivity index (χ1) is 9.98.